The molecule has 0 unspecified atom stereocenters. The van der Waals surface area contributed by atoms with Crippen molar-refractivity contribution in [3.63, 3.8) is 0 Å². The van der Waals surface area contributed by atoms with E-state index < -0.39 is 28.5 Å². The summed E-state index contributed by atoms with van der Waals surface area (Å²) in [6.07, 6.45) is 0. The highest BCUT2D eigenvalue weighted by Gasteiger charge is 2.26. The van der Waals surface area contributed by atoms with Crippen molar-refractivity contribution in [2.24, 2.45) is 0 Å². The molecule has 1 amide bonds. The number of esters is 1. The average Bonchev–Trinajstić information content (AvgIpc) is 2.92. The number of amides is 1. The second-order valence-corrected chi connectivity index (χ2v) is 9.94. The summed E-state index contributed by atoms with van der Waals surface area (Å²) in [5.74, 6) is -1.09. The van der Waals surface area contributed by atoms with E-state index in [-0.39, 0.29) is 11.4 Å². The summed E-state index contributed by atoms with van der Waals surface area (Å²) in [7, 11) is -3.62. The number of anilines is 3. The van der Waals surface area contributed by atoms with Crippen LogP contribution in [0.15, 0.2) is 89.8 Å². The van der Waals surface area contributed by atoms with Crippen molar-refractivity contribution in [1.29, 1.82) is 0 Å². The Bertz CT molecular complexity index is 1220. The van der Waals surface area contributed by atoms with Crippen LogP contribution in [0.5, 0.6) is 0 Å². The van der Waals surface area contributed by atoms with Gasteiger partial charge in [-0.15, -0.1) is 0 Å². The first-order chi connectivity index (χ1) is 17.4. The predicted molar refractivity (Wildman–Crippen MR) is 135 cm³/mol. The van der Waals surface area contributed by atoms with E-state index in [1.165, 1.54) is 28.6 Å². The van der Waals surface area contributed by atoms with E-state index in [1.54, 1.807) is 4.90 Å². The lowest BCUT2D eigenvalue weighted by atomic mass is 10.2. The van der Waals surface area contributed by atoms with Gasteiger partial charge in [0, 0.05) is 30.2 Å². The van der Waals surface area contributed by atoms with Gasteiger partial charge in [-0.25, -0.2) is 8.42 Å². The number of carbonyl (C=O) groups excluding carboxylic acids is 2. The molecule has 3 aromatic carbocycles. The summed E-state index contributed by atoms with van der Waals surface area (Å²) >= 11 is 0. The van der Waals surface area contributed by atoms with Crippen LogP contribution < -0.4 is 10.2 Å². The Hall–Kier alpha value is -3.73. The lowest BCUT2D eigenvalue weighted by Gasteiger charge is -2.26. The molecule has 0 aliphatic carbocycles. The summed E-state index contributed by atoms with van der Waals surface area (Å²) in [5.41, 5.74) is 2.03. The zero-order chi connectivity index (χ0) is 25.4. The number of ether oxygens (including phenoxy) is 2. The molecule has 0 saturated carbocycles. The molecule has 4 rings (SSSR count). The number of sulfonamides is 1. The number of nitrogens with one attached hydrogen (secondary N) is 1. The summed E-state index contributed by atoms with van der Waals surface area (Å²) < 4.78 is 37.2. The largest absolute Gasteiger partial charge is 0.454 e. The second-order valence-electron chi connectivity index (χ2n) is 8.01. The maximum atomic E-state index is 12.7. The number of rotatable bonds is 9. The van der Waals surface area contributed by atoms with E-state index >= 15 is 0 Å². The standard InChI is InChI=1S/C26H27N3O6S/c30-25(27-21-11-13-24(14-12-21)36(32,33)28-15-17-34-18-16-28)20-35-26(31)19-29(22-7-3-1-4-8-22)23-9-5-2-6-10-23/h1-14H,15-20H2,(H,27,30). The second kappa shape index (κ2) is 11.8. The van der Waals surface area contributed by atoms with Crippen molar-refractivity contribution in [2.75, 3.05) is 49.7 Å². The van der Waals surface area contributed by atoms with Gasteiger partial charge in [0.15, 0.2) is 6.61 Å². The van der Waals surface area contributed by atoms with Gasteiger partial charge < -0.3 is 19.7 Å². The zero-order valence-corrected chi connectivity index (χ0v) is 20.4. The molecule has 0 aromatic heterocycles. The molecule has 9 nitrogen and oxygen atoms in total. The van der Waals surface area contributed by atoms with Gasteiger partial charge in [0.1, 0.15) is 6.54 Å². The van der Waals surface area contributed by atoms with Crippen LogP contribution in [0.1, 0.15) is 0 Å². The molecule has 188 valence electrons. The predicted octanol–water partition coefficient (Wildman–Crippen LogP) is 3.03. The van der Waals surface area contributed by atoms with Gasteiger partial charge >= 0.3 is 5.97 Å². The van der Waals surface area contributed by atoms with E-state index in [9.17, 15) is 18.0 Å². The minimum atomic E-state index is -3.62. The van der Waals surface area contributed by atoms with Gasteiger partial charge in [-0.3, -0.25) is 9.59 Å². The number of morpholine rings is 1. The summed E-state index contributed by atoms with van der Waals surface area (Å²) in [6, 6.07) is 24.7. The lowest BCUT2D eigenvalue weighted by Crippen LogP contribution is -2.40. The fraction of sp³-hybridized carbons (Fsp3) is 0.231. The number of hydrogen-bond donors (Lipinski definition) is 1. The van der Waals surface area contributed by atoms with Crippen molar-refractivity contribution in [3.8, 4) is 0 Å². The maximum absolute atomic E-state index is 12.7. The molecule has 1 saturated heterocycles. The Morgan fingerprint density at radius 2 is 1.42 bits per heavy atom. The van der Waals surface area contributed by atoms with Crippen LogP contribution in [-0.4, -0.2) is 64.1 Å². The van der Waals surface area contributed by atoms with Crippen molar-refractivity contribution in [3.05, 3.63) is 84.9 Å². The number of hydrogen-bond acceptors (Lipinski definition) is 7. The van der Waals surface area contributed by atoms with Crippen LogP contribution in [0.25, 0.3) is 0 Å². The number of carbonyl (C=O) groups is 2. The Balaban J connectivity index is 1.31. The molecule has 10 heteroatoms. The van der Waals surface area contributed by atoms with Crippen LogP contribution in [0.2, 0.25) is 0 Å². The third kappa shape index (κ3) is 6.48. The van der Waals surface area contributed by atoms with E-state index in [1.807, 2.05) is 60.7 Å². The molecular formula is C26H27N3O6S. The van der Waals surface area contributed by atoms with Gasteiger partial charge in [0.25, 0.3) is 5.91 Å². The third-order valence-corrected chi connectivity index (χ3v) is 7.45. The maximum Gasteiger partial charge on any atom is 0.326 e. The van der Waals surface area contributed by atoms with Crippen LogP contribution in [0.4, 0.5) is 17.1 Å². The highest BCUT2D eigenvalue weighted by atomic mass is 32.2. The fourth-order valence-corrected chi connectivity index (χ4v) is 5.12. The SMILES string of the molecule is O=C(COC(=O)CN(c1ccccc1)c1ccccc1)Nc1ccc(S(=O)(=O)N2CCOCC2)cc1. The van der Waals surface area contributed by atoms with E-state index in [4.69, 9.17) is 9.47 Å². The molecule has 1 fully saturated rings. The van der Waals surface area contributed by atoms with E-state index in [0.29, 0.717) is 32.0 Å². The Labute approximate surface area is 210 Å². The molecule has 36 heavy (non-hydrogen) atoms. The van der Waals surface area contributed by atoms with Crippen LogP contribution in [-0.2, 0) is 29.1 Å². The monoisotopic (exact) mass is 509 g/mol. The molecular weight excluding hydrogens is 482 g/mol. The Morgan fingerprint density at radius 3 is 1.97 bits per heavy atom. The Kier molecular flexibility index (Phi) is 8.32. The average molecular weight is 510 g/mol. The highest BCUT2D eigenvalue weighted by molar-refractivity contribution is 7.89. The Morgan fingerprint density at radius 1 is 0.861 bits per heavy atom. The van der Waals surface area contributed by atoms with Crippen molar-refractivity contribution in [2.45, 2.75) is 4.90 Å². The molecule has 0 bridgehead atoms. The summed E-state index contributed by atoms with van der Waals surface area (Å²) in [6.45, 7) is 0.789. The molecule has 0 radical (unpaired) electrons. The first-order valence-electron chi connectivity index (χ1n) is 11.4. The van der Waals surface area contributed by atoms with Crippen molar-refractivity contribution < 1.29 is 27.5 Å². The number of nitrogens with zero attached hydrogens (tertiary/aromatic N) is 2. The zero-order valence-electron chi connectivity index (χ0n) is 19.6. The fourth-order valence-electron chi connectivity index (χ4n) is 3.71. The minimum absolute atomic E-state index is 0.0740. The molecule has 3 aromatic rings. The van der Waals surface area contributed by atoms with Crippen molar-refractivity contribution >= 4 is 39.0 Å². The molecule has 0 atom stereocenters. The lowest BCUT2D eigenvalue weighted by molar-refractivity contribution is -0.145. The third-order valence-electron chi connectivity index (χ3n) is 5.53. The van der Waals surface area contributed by atoms with Crippen LogP contribution in [0.3, 0.4) is 0 Å². The highest BCUT2D eigenvalue weighted by Crippen LogP contribution is 2.24. The van der Waals surface area contributed by atoms with Gasteiger partial charge in [0.2, 0.25) is 10.0 Å². The first-order valence-corrected chi connectivity index (χ1v) is 12.9. The number of para-hydroxylation sites is 2. The molecule has 1 aliphatic rings. The van der Waals surface area contributed by atoms with Crippen molar-refractivity contribution in [1.82, 2.24) is 4.31 Å². The smallest absolute Gasteiger partial charge is 0.326 e. The van der Waals surface area contributed by atoms with Crippen LogP contribution >= 0.6 is 0 Å². The van der Waals surface area contributed by atoms with Gasteiger partial charge in [-0.2, -0.15) is 4.31 Å². The first kappa shape index (κ1) is 25.4. The molecule has 1 N–H and O–H groups in total. The summed E-state index contributed by atoms with van der Waals surface area (Å²) in [5, 5.41) is 2.61. The van der Waals surface area contributed by atoms with Gasteiger partial charge in [-0.05, 0) is 48.5 Å². The normalized spacial score (nSPS) is 14.1. The van der Waals surface area contributed by atoms with E-state index in [0.717, 1.165) is 11.4 Å². The van der Waals surface area contributed by atoms with Gasteiger partial charge in [-0.1, -0.05) is 36.4 Å². The molecule has 1 heterocycles. The summed E-state index contributed by atoms with van der Waals surface area (Å²) in [4.78, 5) is 26.8. The van der Waals surface area contributed by atoms with Crippen LogP contribution in [0, 0.1) is 0 Å². The van der Waals surface area contributed by atoms with Gasteiger partial charge in [0.05, 0.1) is 18.1 Å². The topological polar surface area (TPSA) is 105 Å². The number of benzene rings is 3. The molecule has 0 spiro atoms. The molecule has 1 aliphatic heterocycles. The minimum Gasteiger partial charge on any atom is -0.454 e. The van der Waals surface area contributed by atoms with E-state index in [2.05, 4.69) is 5.32 Å². The quantitative estimate of drug-likeness (QED) is 0.442.